The molecule has 1 fully saturated rings. The quantitative estimate of drug-likeness (QED) is 0.878. The standard InChI is InChI=1S/C16H24N2O2/c1-12-4-6-14(7-5-12)15(17)16(20)18-9-2-3-13(11-18)8-10-19/h4-7,13,15,19H,2-3,8-11,17H2,1H3. The number of carbonyl (C=O) groups excluding carboxylic acids is 1. The topological polar surface area (TPSA) is 66.6 Å². The average molecular weight is 276 g/mol. The first-order valence-corrected chi connectivity index (χ1v) is 7.33. The van der Waals surface area contributed by atoms with Crippen molar-refractivity contribution in [3.05, 3.63) is 35.4 Å². The fraction of sp³-hybridized carbons (Fsp3) is 0.562. The van der Waals surface area contributed by atoms with Gasteiger partial charge in [0.1, 0.15) is 6.04 Å². The van der Waals surface area contributed by atoms with E-state index in [1.165, 1.54) is 0 Å². The maximum absolute atomic E-state index is 12.5. The minimum atomic E-state index is -0.580. The molecule has 4 heteroatoms. The highest BCUT2D eigenvalue weighted by Crippen LogP contribution is 2.22. The van der Waals surface area contributed by atoms with Crippen molar-refractivity contribution in [2.45, 2.75) is 32.2 Å². The second kappa shape index (κ2) is 6.86. The third-order valence-corrected chi connectivity index (χ3v) is 4.07. The van der Waals surface area contributed by atoms with E-state index in [9.17, 15) is 4.79 Å². The molecule has 1 aliphatic heterocycles. The predicted molar refractivity (Wildman–Crippen MR) is 79.1 cm³/mol. The Morgan fingerprint density at radius 1 is 1.45 bits per heavy atom. The third-order valence-electron chi connectivity index (χ3n) is 4.07. The largest absolute Gasteiger partial charge is 0.396 e. The number of aryl methyl sites for hydroxylation is 1. The molecule has 1 aromatic carbocycles. The van der Waals surface area contributed by atoms with E-state index >= 15 is 0 Å². The fourth-order valence-electron chi connectivity index (χ4n) is 2.80. The number of benzene rings is 1. The number of aliphatic hydroxyl groups excluding tert-OH is 1. The molecule has 3 N–H and O–H groups in total. The molecule has 2 rings (SSSR count). The van der Waals surface area contributed by atoms with Crippen molar-refractivity contribution in [1.82, 2.24) is 4.90 Å². The van der Waals surface area contributed by atoms with Crippen LogP contribution in [0.1, 0.15) is 36.4 Å². The predicted octanol–water partition coefficient (Wildman–Crippen LogP) is 1.62. The van der Waals surface area contributed by atoms with Crippen LogP contribution in [-0.2, 0) is 4.79 Å². The van der Waals surface area contributed by atoms with Crippen LogP contribution in [0.15, 0.2) is 24.3 Å². The van der Waals surface area contributed by atoms with Gasteiger partial charge in [-0.1, -0.05) is 29.8 Å². The first-order valence-electron chi connectivity index (χ1n) is 7.33. The van der Waals surface area contributed by atoms with Gasteiger partial charge >= 0.3 is 0 Å². The summed E-state index contributed by atoms with van der Waals surface area (Å²) in [5.41, 5.74) is 8.13. The average Bonchev–Trinajstić information content (AvgIpc) is 2.47. The van der Waals surface area contributed by atoms with Gasteiger partial charge in [-0.05, 0) is 37.7 Å². The fourth-order valence-corrected chi connectivity index (χ4v) is 2.80. The maximum atomic E-state index is 12.5. The molecule has 0 spiro atoms. The molecule has 0 radical (unpaired) electrons. The maximum Gasteiger partial charge on any atom is 0.244 e. The lowest BCUT2D eigenvalue weighted by Gasteiger charge is -2.34. The van der Waals surface area contributed by atoms with Gasteiger partial charge in [0.15, 0.2) is 0 Å². The Balaban J connectivity index is 2.00. The van der Waals surface area contributed by atoms with Crippen molar-refractivity contribution in [1.29, 1.82) is 0 Å². The summed E-state index contributed by atoms with van der Waals surface area (Å²) in [6.07, 6.45) is 2.85. The lowest BCUT2D eigenvalue weighted by Crippen LogP contribution is -2.44. The van der Waals surface area contributed by atoms with Crippen molar-refractivity contribution in [2.75, 3.05) is 19.7 Å². The van der Waals surface area contributed by atoms with Gasteiger partial charge in [-0.15, -0.1) is 0 Å². The summed E-state index contributed by atoms with van der Waals surface area (Å²) in [7, 11) is 0. The number of nitrogens with two attached hydrogens (primary N) is 1. The highest BCUT2D eigenvalue weighted by Gasteiger charge is 2.27. The molecule has 20 heavy (non-hydrogen) atoms. The number of likely N-dealkylation sites (tertiary alicyclic amines) is 1. The number of hydrogen-bond donors (Lipinski definition) is 2. The zero-order chi connectivity index (χ0) is 14.5. The molecule has 110 valence electrons. The minimum Gasteiger partial charge on any atom is -0.396 e. The first-order chi connectivity index (χ1) is 9.61. The van der Waals surface area contributed by atoms with Crippen LogP contribution < -0.4 is 5.73 Å². The molecule has 0 bridgehead atoms. The van der Waals surface area contributed by atoms with Crippen molar-refractivity contribution in [2.24, 2.45) is 11.7 Å². The van der Waals surface area contributed by atoms with Crippen LogP contribution in [0, 0.1) is 12.8 Å². The van der Waals surface area contributed by atoms with E-state index in [-0.39, 0.29) is 12.5 Å². The van der Waals surface area contributed by atoms with E-state index in [0.29, 0.717) is 5.92 Å². The lowest BCUT2D eigenvalue weighted by atomic mass is 9.94. The Labute approximate surface area is 120 Å². The van der Waals surface area contributed by atoms with E-state index in [4.69, 9.17) is 10.8 Å². The number of hydrogen-bond acceptors (Lipinski definition) is 3. The second-order valence-corrected chi connectivity index (χ2v) is 5.69. The Morgan fingerprint density at radius 2 is 2.15 bits per heavy atom. The molecular formula is C16H24N2O2. The summed E-state index contributed by atoms with van der Waals surface area (Å²) in [6.45, 7) is 3.71. The van der Waals surface area contributed by atoms with Crippen molar-refractivity contribution < 1.29 is 9.90 Å². The number of aliphatic hydroxyl groups is 1. The van der Waals surface area contributed by atoms with E-state index < -0.39 is 6.04 Å². The van der Waals surface area contributed by atoms with Gasteiger partial charge in [-0.2, -0.15) is 0 Å². The van der Waals surface area contributed by atoms with E-state index in [1.54, 1.807) is 0 Å². The van der Waals surface area contributed by atoms with Gasteiger partial charge in [0.25, 0.3) is 0 Å². The number of carbonyl (C=O) groups is 1. The second-order valence-electron chi connectivity index (χ2n) is 5.69. The Hall–Kier alpha value is -1.39. The monoisotopic (exact) mass is 276 g/mol. The molecule has 2 atom stereocenters. The SMILES string of the molecule is Cc1ccc(C(N)C(=O)N2CCCC(CCO)C2)cc1. The third kappa shape index (κ3) is 3.58. The van der Waals surface area contributed by atoms with Gasteiger partial charge in [-0.3, -0.25) is 4.79 Å². The number of amides is 1. The molecule has 1 amide bonds. The lowest BCUT2D eigenvalue weighted by molar-refractivity contribution is -0.134. The summed E-state index contributed by atoms with van der Waals surface area (Å²) < 4.78 is 0. The van der Waals surface area contributed by atoms with Crippen LogP contribution in [0.5, 0.6) is 0 Å². The highest BCUT2D eigenvalue weighted by atomic mass is 16.3. The molecule has 0 aromatic heterocycles. The Kier molecular flexibility index (Phi) is 5.15. The highest BCUT2D eigenvalue weighted by molar-refractivity contribution is 5.83. The molecule has 1 aromatic rings. The van der Waals surface area contributed by atoms with Crippen LogP contribution in [0.2, 0.25) is 0 Å². The molecule has 1 aliphatic rings. The van der Waals surface area contributed by atoms with E-state index in [1.807, 2.05) is 36.1 Å². The van der Waals surface area contributed by atoms with Crippen LogP contribution in [-0.4, -0.2) is 35.6 Å². The van der Waals surface area contributed by atoms with Crippen LogP contribution in [0.3, 0.4) is 0 Å². The van der Waals surface area contributed by atoms with Crippen molar-refractivity contribution in [3.63, 3.8) is 0 Å². The number of rotatable bonds is 4. The zero-order valence-electron chi connectivity index (χ0n) is 12.1. The normalized spacial score (nSPS) is 20.8. The van der Waals surface area contributed by atoms with Gasteiger partial charge in [0.2, 0.25) is 5.91 Å². The zero-order valence-corrected chi connectivity index (χ0v) is 12.1. The van der Waals surface area contributed by atoms with Crippen molar-refractivity contribution >= 4 is 5.91 Å². The summed E-state index contributed by atoms with van der Waals surface area (Å²) in [5.74, 6) is 0.402. The summed E-state index contributed by atoms with van der Waals surface area (Å²) >= 11 is 0. The van der Waals surface area contributed by atoms with Gasteiger partial charge in [-0.25, -0.2) is 0 Å². The van der Waals surface area contributed by atoms with Gasteiger partial charge in [0.05, 0.1) is 0 Å². The molecule has 0 saturated carbocycles. The molecule has 1 heterocycles. The van der Waals surface area contributed by atoms with E-state index in [2.05, 4.69) is 0 Å². The summed E-state index contributed by atoms with van der Waals surface area (Å²) in [5, 5.41) is 9.03. The molecule has 0 aliphatic carbocycles. The molecule has 4 nitrogen and oxygen atoms in total. The van der Waals surface area contributed by atoms with Gasteiger partial charge < -0.3 is 15.7 Å². The first kappa shape index (κ1) is 15.0. The molecule has 2 unspecified atom stereocenters. The van der Waals surface area contributed by atoms with Crippen LogP contribution in [0.4, 0.5) is 0 Å². The molecular weight excluding hydrogens is 252 g/mol. The minimum absolute atomic E-state index is 0.00325. The molecule has 1 saturated heterocycles. The summed E-state index contributed by atoms with van der Waals surface area (Å²) in [4.78, 5) is 14.3. The van der Waals surface area contributed by atoms with Crippen LogP contribution >= 0.6 is 0 Å². The number of nitrogens with zero attached hydrogens (tertiary/aromatic N) is 1. The smallest absolute Gasteiger partial charge is 0.244 e. The Bertz CT molecular complexity index is 442. The summed E-state index contributed by atoms with van der Waals surface area (Å²) in [6, 6.07) is 7.23. The number of piperidine rings is 1. The van der Waals surface area contributed by atoms with E-state index in [0.717, 1.165) is 43.5 Å². The van der Waals surface area contributed by atoms with Gasteiger partial charge in [0, 0.05) is 19.7 Å². The van der Waals surface area contributed by atoms with Crippen LogP contribution in [0.25, 0.3) is 0 Å². The van der Waals surface area contributed by atoms with Crippen molar-refractivity contribution in [3.8, 4) is 0 Å². The Morgan fingerprint density at radius 3 is 2.80 bits per heavy atom.